The number of hydrogen-bond donors (Lipinski definition) is 0. The molecule has 0 amide bonds. The first-order valence-corrected chi connectivity index (χ1v) is 7.02. The van der Waals surface area contributed by atoms with Gasteiger partial charge in [0.2, 0.25) is 0 Å². The zero-order valence-electron chi connectivity index (χ0n) is 5.00. The van der Waals surface area contributed by atoms with E-state index in [4.69, 9.17) is 4.18 Å². The van der Waals surface area contributed by atoms with Gasteiger partial charge in [0.15, 0.2) is 0 Å². The summed E-state index contributed by atoms with van der Waals surface area (Å²) in [6, 6.07) is 0. The van der Waals surface area contributed by atoms with Gasteiger partial charge in [-0.2, -0.15) is 0 Å². The number of carbonyl (C=O) groups excluding carboxylic acids is 1. The molecular weight excluding hydrogens is 283 g/mol. The Morgan fingerprint density at radius 2 is 2.50 bits per heavy atom. The highest BCUT2D eigenvalue weighted by atomic mass is 127. The topological polar surface area (TPSA) is 26.3 Å². The van der Waals surface area contributed by atoms with Crippen LogP contribution in [0.25, 0.3) is 0 Å². The number of rotatable bonds is 3. The van der Waals surface area contributed by atoms with Gasteiger partial charge in [-0.15, -0.1) is 11.8 Å². The molecule has 1 aliphatic rings. The minimum absolute atomic E-state index is 0.800. The van der Waals surface area contributed by atoms with E-state index in [-0.39, 0.29) is 0 Å². The van der Waals surface area contributed by atoms with Gasteiger partial charge in [-0.1, -0.05) is 0 Å². The number of thioether (sulfide) groups is 1. The minimum atomic E-state index is 0.800. The molecule has 0 saturated carbocycles. The van der Waals surface area contributed by atoms with Gasteiger partial charge in [0.05, 0.1) is 5.75 Å². The van der Waals surface area contributed by atoms with Crippen LogP contribution in [0, 0.1) is 0 Å². The van der Waals surface area contributed by atoms with Crippen LogP contribution in [0.15, 0.2) is 11.3 Å². The summed E-state index contributed by atoms with van der Waals surface area (Å²) in [5, 5.41) is 0. The molecule has 1 aliphatic heterocycles. The molecule has 0 unspecified atom stereocenters. The molecule has 0 saturated heterocycles. The molecule has 0 atom stereocenters. The van der Waals surface area contributed by atoms with Gasteiger partial charge in [0.1, 0.15) is 21.3 Å². The minimum Gasteiger partial charge on any atom is -0.418 e. The second-order valence-electron chi connectivity index (χ2n) is 1.71. The molecule has 56 valence electrons. The van der Waals surface area contributed by atoms with Gasteiger partial charge in [-0.3, -0.25) is 4.79 Å². The van der Waals surface area contributed by atoms with Crippen molar-refractivity contribution in [3.05, 3.63) is 11.3 Å². The van der Waals surface area contributed by atoms with Gasteiger partial charge in [-0.25, -0.2) is 0 Å². The Bertz CT molecular complexity index is 169. The van der Waals surface area contributed by atoms with Crippen molar-refractivity contribution in [2.75, 3.05) is 11.5 Å². The quantitative estimate of drug-likeness (QED) is 0.452. The SMILES string of the molecule is O=CC1=C(OSI)CSC1. The van der Waals surface area contributed by atoms with E-state index in [1.54, 1.807) is 11.8 Å². The number of halogens is 1. The number of carbonyl (C=O) groups is 1. The second kappa shape index (κ2) is 4.50. The Hall–Kier alpha value is 0.640. The number of aldehydes is 1. The summed E-state index contributed by atoms with van der Waals surface area (Å²) in [5.41, 5.74) is 0.800. The predicted octanol–water partition coefficient (Wildman–Crippen LogP) is 2.20. The predicted molar refractivity (Wildman–Crippen MR) is 53.1 cm³/mol. The molecule has 5 heteroatoms. The fourth-order valence-electron chi connectivity index (χ4n) is 0.642. The molecule has 1 rings (SSSR count). The summed E-state index contributed by atoms with van der Waals surface area (Å²) in [5.74, 6) is 2.47. The lowest BCUT2D eigenvalue weighted by Crippen LogP contribution is -1.89. The fourth-order valence-corrected chi connectivity index (χ4v) is 2.59. The van der Waals surface area contributed by atoms with Crippen molar-refractivity contribution in [3.63, 3.8) is 0 Å². The molecule has 0 N–H and O–H groups in total. The van der Waals surface area contributed by atoms with Gasteiger partial charge in [-0.05, 0) is 0 Å². The molecule has 0 bridgehead atoms. The van der Waals surface area contributed by atoms with Gasteiger partial charge in [0.25, 0.3) is 0 Å². The Kier molecular flexibility index (Phi) is 3.93. The summed E-state index contributed by atoms with van der Waals surface area (Å²) < 4.78 is 5.14. The highest BCUT2D eigenvalue weighted by Crippen LogP contribution is 2.29. The van der Waals surface area contributed by atoms with Crippen LogP contribution in [0.3, 0.4) is 0 Å². The van der Waals surface area contributed by atoms with Crippen molar-refractivity contribution in [1.29, 1.82) is 0 Å². The average Bonchev–Trinajstić information content (AvgIpc) is 2.36. The monoisotopic (exact) mass is 288 g/mol. The Morgan fingerprint density at radius 1 is 1.70 bits per heavy atom. The van der Waals surface area contributed by atoms with E-state index >= 15 is 0 Å². The normalized spacial score (nSPS) is 17.7. The molecular formula is C5H5IO2S2. The summed E-state index contributed by atoms with van der Waals surface area (Å²) in [4.78, 5) is 10.3. The first-order chi connectivity index (χ1) is 4.88. The Balaban J connectivity index is 2.58. The van der Waals surface area contributed by atoms with Crippen LogP contribution in [-0.4, -0.2) is 17.8 Å². The van der Waals surface area contributed by atoms with Crippen molar-refractivity contribution < 1.29 is 8.98 Å². The van der Waals surface area contributed by atoms with Crippen LogP contribution in [0.2, 0.25) is 0 Å². The molecule has 0 aromatic heterocycles. The lowest BCUT2D eigenvalue weighted by molar-refractivity contribution is -0.104. The summed E-state index contributed by atoms with van der Waals surface area (Å²) in [7, 11) is 1.26. The second-order valence-corrected chi connectivity index (χ2v) is 4.06. The third-order valence-electron chi connectivity index (χ3n) is 1.12. The van der Waals surface area contributed by atoms with Crippen LogP contribution in [0.4, 0.5) is 0 Å². The van der Waals surface area contributed by atoms with Crippen LogP contribution in [0.1, 0.15) is 0 Å². The van der Waals surface area contributed by atoms with Crippen LogP contribution in [0.5, 0.6) is 0 Å². The van der Waals surface area contributed by atoms with Crippen molar-refractivity contribution in [3.8, 4) is 0 Å². The van der Waals surface area contributed by atoms with E-state index in [9.17, 15) is 4.79 Å². The molecule has 0 fully saturated rings. The third kappa shape index (κ3) is 2.06. The lowest BCUT2D eigenvalue weighted by Gasteiger charge is -1.97. The first-order valence-electron chi connectivity index (χ1n) is 2.58. The van der Waals surface area contributed by atoms with Crippen LogP contribution in [-0.2, 0) is 8.98 Å². The van der Waals surface area contributed by atoms with Crippen LogP contribution < -0.4 is 0 Å². The first kappa shape index (κ1) is 8.73. The number of hydrogen-bond acceptors (Lipinski definition) is 4. The zero-order chi connectivity index (χ0) is 7.40. The Labute approximate surface area is 79.9 Å². The maximum absolute atomic E-state index is 10.3. The summed E-state index contributed by atoms with van der Waals surface area (Å²) in [6.07, 6.45) is 0.877. The standard InChI is InChI=1S/C5H5IO2S2/c6-10-8-5-3-9-2-4(5)1-7/h1H,2-3H2. The van der Waals surface area contributed by atoms with E-state index < -0.39 is 0 Å². The van der Waals surface area contributed by atoms with E-state index in [0.717, 1.165) is 29.1 Å². The van der Waals surface area contributed by atoms with Gasteiger partial charge < -0.3 is 4.18 Å². The highest BCUT2D eigenvalue weighted by Gasteiger charge is 2.15. The molecule has 1 heterocycles. The Morgan fingerprint density at radius 3 is 3.10 bits per heavy atom. The van der Waals surface area contributed by atoms with E-state index in [1.807, 2.05) is 21.2 Å². The molecule has 10 heavy (non-hydrogen) atoms. The van der Waals surface area contributed by atoms with E-state index in [0.29, 0.717) is 0 Å². The molecule has 0 aliphatic carbocycles. The van der Waals surface area contributed by atoms with Gasteiger partial charge >= 0.3 is 0 Å². The third-order valence-corrected chi connectivity index (χ3v) is 2.91. The molecule has 2 nitrogen and oxygen atoms in total. The molecule has 0 spiro atoms. The maximum Gasteiger partial charge on any atom is 0.150 e. The zero-order valence-corrected chi connectivity index (χ0v) is 8.79. The molecule has 0 aromatic carbocycles. The van der Waals surface area contributed by atoms with E-state index in [2.05, 4.69) is 0 Å². The van der Waals surface area contributed by atoms with Crippen LogP contribution >= 0.6 is 42.2 Å². The highest BCUT2D eigenvalue weighted by molar-refractivity contribution is 14.2. The van der Waals surface area contributed by atoms with Gasteiger partial charge in [0, 0.05) is 32.5 Å². The maximum atomic E-state index is 10.3. The molecule has 0 aromatic rings. The van der Waals surface area contributed by atoms with Crippen molar-refractivity contribution in [1.82, 2.24) is 0 Å². The largest absolute Gasteiger partial charge is 0.418 e. The fraction of sp³-hybridized carbons (Fsp3) is 0.400. The average molecular weight is 288 g/mol. The van der Waals surface area contributed by atoms with Crippen molar-refractivity contribution in [2.24, 2.45) is 0 Å². The van der Waals surface area contributed by atoms with E-state index in [1.165, 1.54) is 9.21 Å². The van der Waals surface area contributed by atoms with Crippen molar-refractivity contribution >= 4 is 48.5 Å². The summed E-state index contributed by atoms with van der Waals surface area (Å²) >= 11 is 3.75. The smallest absolute Gasteiger partial charge is 0.150 e. The lowest BCUT2D eigenvalue weighted by atomic mass is 10.3. The summed E-state index contributed by atoms with van der Waals surface area (Å²) in [6.45, 7) is 0. The molecule has 0 radical (unpaired) electrons. The van der Waals surface area contributed by atoms with Crippen molar-refractivity contribution in [2.45, 2.75) is 0 Å².